The van der Waals surface area contributed by atoms with Crippen molar-refractivity contribution in [3.63, 3.8) is 0 Å². The Morgan fingerprint density at radius 2 is 1.56 bits per heavy atom. The van der Waals surface area contributed by atoms with Crippen LogP contribution in [0.5, 0.6) is 11.5 Å². The van der Waals surface area contributed by atoms with Crippen molar-refractivity contribution in [3.8, 4) is 11.5 Å². The van der Waals surface area contributed by atoms with Gasteiger partial charge in [-0.25, -0.2) is 4.79 Å². The lowest BCUT2D eigenvalue weighted by Crippen LogP contribution is -2.02. The molecule has 140 valence electrons. The largest absolute Gasteiger partial charge is 0.493 e. The molecule has 0 atom stereocenters. The summed E-state index contributed by atoms with van der Waals surface area (Å²) in [5.74, 6) is 0.992. The molecule has 4 heteroatoms. The van der Waals surface area contributed by atoms with Crippen LogP contribution in [-0.4, -0.2) is 26.8 Å². The number of hydrogen-bond donors (Lipinski definition) is 0. The van der Waals surface area contributed by atoms with E-state index in [2.05, 4.69) is 6.92 Å². The molecule has 0 saturated carbocycles. The number of hydrogen-bond acceptors (Lipinski definition) is 4. The fraction of sp³-hybridized carbons (Fsp3) is 0.571. The van der Waals surface area contributed by atoms with Crippen LogP contribution in [0.2, 0.25) is 0 Å². The molecule has 25 heavy (non-hydrogen) atoms. The number of unbranched alkanes of at least 4 members (excludes halogenated alkanes) is 7. The lowest BCUT2D eigenvalue weighted by atomic mass is 10.1. The van der Waals surface area contributed by atoms with Crippen LogP contribution in [-0.2, 0) is 9.53 Å². The maximum absolute atomic E-state index is 11.7. The van der Waals surface area contributed by atoms with Crippen LogP contribution >= 0.6 is 0 Å². The van der Waals surface area contributed by atoms with Gasteiger partial charge in [0.05, 0.1) is 20.8 Å². The molecular weight excluding hydrogens is 316 g/mol. The molecule has 0 amide bonds. The second-order valence-corrected chi connectivity index (χ2v) is 6.09. The highest BCUT2D eigenvalue weighted by molar-refractivity contribution is 5.87. The zero-order valence-corrected chi connectivity index (χ0v) is 15.9. The van der Waals surface area contributed by atoms with Crippen LogP contribution < -0.4 is 9.47 Å². The summed E-state index contributed by atoms with van der Waals surface area (Å²) in [5.41, 5.74) is 0.863. The van der Waals surface area contributed by atoms with Crippen LogP contribution in [0.1, 0.15) is 63.9 Å². The van der Waals surface area contributed by atoms with Crippen LogP contribution in [0.25, 0.3) is 6.08 Å². The topological polar surface area (TPSA) is 44.8 Å². The SMILES string of the molecule is CCCCCCCCCCOC(=O)/C=C/c1ccc(OC)c(OC)c1. The second kappa shape index (κ2) is 13.3. The molecule has 0 fully saturated rings. The van der Waals surface area contributed by atoms with Crippen molar-refractivity contribution in [1.29, 1.82) is 0 Å². The first kappa shape index (κ1) is 21.1. The van der Waals surface area contributed by atoms with Gasteiger partial charge in [-0.15, -0.1) is 0 Å². The predicted molar refractivity (Wildman–Crippen MR) is 102 cm³/mol. The van der Waals surface area contributed by atoms with Crippen LogP contribution in [0, 0.1) is 0 Å². The first-order valence-electron chi connectivity index (χ1n) is 9.28. The summed E-state index contributed by atoms with van der Waals surface area (Å²) in [5, 5.41) is 0. The number of benzene rings is 1. The maximum atomic E-state index is 11.7. The molecule has 1 aromatic carbocycles. The van der Waals surface area contributed by atoms with Crippen LogP contribution in [0.4, 0.5) is 0 Å². The van der Waals surface area contributed by atoms with Gasteiger partial charge in [0.1, 0.15) is 0 Å². The number of methoxy groups -OCH3 is 2. The summed E-state index contributed by atoms with van der Waals surface area (Å²) < 4.78 is 15.7. The molecule has 0 aromatic heterocycles. The van der Waals surface area contributed by atoms with Gasteiger partial charge in [0, 0.05) is 6.08 Å². The first-order valence-corrected chi connectivity index (χ1v) is 9.28. The Morgan fingerprint density at radius 3 is 2.20 bits per heavy atom. The highest BCUT2D eigenvalue weighted by Gasteiger charge is 2.03. The Balaban J connectivity index is 2.20. The lowest BCUT2D eigenvalue weighted by Gasteiger charge is -2.07. The summed E-state index contributed by atoms with van der Waals surface area (Å²) in [4.78, 5) is 11.7. The van der Waals surface area contributed by atoms with Crippen molar-refractivity contribution in [1.82, 2.24) is 0 Å². The number of carbonyl (C=O) groups is 1. The number of ether oxygens (including phenoxy) is 3. The van der Waals surface area contributed by atoms with E-state index in [0.717, 1.165) is 18.4 Å². The average Bonchev–Trinajstić information content (AvgIpc) is 2.64. The quantitative estimate of drug-likeness (QED) is 0.272. The molecule has 1 rings (SSSR count). The van der Waals surface area contributed by atoms with E-state index in [9.17, 15) is 4.79 Å². The van der Waals surface area contributed by atoms with Crippen molar-refractivity contribution in [3.05, 3.63) is 29.8 Å². The van der Waals surface area contributed by atoms with Gasteiger partial charge in [-0.2, -0.15) is 0 Å². The fourth-order valence-corrected chi connectivity index (χ4v) is 2.58. The summed E-state index contributed by atoms with van der Waals surface area (Å²) in [6, 6.07) is 5.50. The van der Waals surface area contributed by atoms with Gasteiger partial charge in [-0.1, -0.05) is 57.9 Å². The zero-order chi connectivity index (χ0) is 18.3. The monoisotopic (exact) mass is 348 g/mol. The summed E-state index contributed by atoms with van der Waals surface area (Å²) >= 11 is 0. The molecular formula is C21H32O4. The van der Waals surface area contributed by atoms with Gasteiger partial charge in [0.15, 0.2) is 11.5 Å². The van der Waals surface area contributed by atoms with E-state index < -0.39 is 0 Å². The Labute approximate surface area is 152 Å². The van der Waals surface area contributed by atoms with E-state index in [1.54, 1.807) is 20.3 Å². The van der Waals surface area contributed by atoms with Crippen molar-refractivity contribution >= 4 is 12.0 Å². The highest BCUT2D eigenvalue weighted by atomic mass is 16.5. The molecule has 0 aliphatic carbocycles. The molecule has 0 radical (unpaired) electrons. The molecule has 1 aromatic rings. The minimum atomic E-state index is -0.308. The Morgan fingerprint density at radius 1 is 0.920 bits per heavy atom. The fourth-order valence-electron chi connectivity index (χ4n) is 2.58. The van der Waals surface area contributed by atoms with Crippen LogP contribution in [0.3, 0.4) is 0 Å². The van der Waals surface area contributed by atoms with E-state index in [-0.39, 0.29) is 5.97 Å². The minimum Gasteiger partial charge on any atom is -0.493 e. The Bertz CT molecular complexity index is 523. The predicted octanol–water partition coefficient (Wildman–Crippen LogP) is 5.40. The molecule has 0 aliphatic heterocycles. The van der Waals surface area contributed by atoms with Crippen molar-refractivity contribution in [2.45, 2.75) is 58.3 Å². The molecule has 0 spiro atoms. The lowest BCUT2D eigenvalue weighted by molar-refractivity contribution is -0.137. The zero-order valence-electron chi connectivity index (χ0n) is 15.9. The minimum absolute atomic E-state index is 0.308. The van der Waals surface area contributed by atoms with E-state index in [1.807, 2.05) is 18.2 Å². The average molecular weight is 348 g/mol. The van der Waals surface area contributed by atoms with E-state index in [1.165, 1.54) is 44.6 Å². The third-order valence-electron chi connectivity index (χ3n) is 4.06. The summed E-state index contributed by atoms with van der Waals surface area (Å²) in [6.07, 6.45) is 13.0. The van der Waals surface area contributed by atoms with Gasteiger partial charge in [0.25, 0.3) is 0 Å². The molecule has 0 unspecified atom stereocenters. The number of esters is 1. The second-order valence-electron chi connectivity index (χ2n) is 6.09. The van der Waals surface area contributed by atoms with E-state index in [0.29, 0.717) is 18.1 Å². The highest BCUT2D eigenvalue weighted by Crippen LogP contribution is 2.27. The number of carbonyl (C=O) groups excluding carboxylic acids is 1. The summed E-state index contributed by atoms with van der Waals surface area (Å²) in [6.45, 7) is 2.72. The normalized spacial score (nSPS) is 10.8. The van der Waals surface area contributed by atoms with Gasteiger partial charge in [-0.05, 0) is 30.2 Å². The Kier molecular flexibility index (Phi) is 11.2. The third kappa shape index (κ3) is 9.18. The Hall–Kier alpha value is -1.97. The van der Waals surface area contributed by atoms with Crippen molar-refractivity contribution in [2.75, 3.05) is 20.8 Å². The van der Waals surface area contributed by atoms with Crippen molar-refractivity contribution < 1.29 is 19.0 Å². The van der Waals surface area contributed by atoms with Gasteiger partial charge < -0.3 is 14.2 Å². The molecule has 0 bridgehead atoms. The van der Waals surface area contributed by atoms with Gasteiger partial charge >= 0.3 is 5.97 Å². The maximum Gasteiger partial charge on any atom is 0.330 e. The smallest absolute Gasteiger partial charge is 0.330 e. The van der Waals surface area contributed by atoms with Gasteiger partial charge in [0.2, 0.25) is 0 Å². The first-order chi connectivity index (χ1) is 12.2. The number of rotatable bonds is 13. The third-order valence-corrected chi connectivity index (χ3v) is 4.06. The molecule has 0 saturated heterocycles. The van der Waals surface area contributed by atoms with Crippen molar-refractivity contribution in [2.24, 2.45) is 0 Å². The molecule has 0 heterocycles. The van der Waals surface area contributed by atoms with E-state index >= 15 is 0 Å². The molecule has 0 aliphatic rings. The molecule has 4 nitrogen and oxygen atoms in total. The van der Waals surface area contributed by atoms with E-state index in [4.69, 9.17) is 14.2 Å². The standard InChI is InChI=1S/C21H32O4/c1-4-5-6-7-8-9-10-11-16-25-21(22)15-13-18-12-14-19(23-2)20(17-18)24-3/h12-15,17H,4-11,16H2,1-3H3/b15-13+. The van der Waals surface area contributed by atoms with Gasteiger partial charge in [-0.3, -0.25) is 0 Å². The molecule has 0 N–H and O–H groups in total. The summed E-state index contributed by atoms with van der Waals surface area (Å²) in [7, 11) is 3.18. The van der Waals surface area contributed by atoms with Crippen LogP contribution in [0.15, 0.2) is 24.3 Å².